The van der Waals surface area contributed by atoms with Crippen molar-refractivity contribution < 1.29 is 19.1 Å². The zero-order valence-electron chi connectivity index (χ0n) is 16.5. The van der Waals surface area contributed by atoms with E-state index >= 15 is 0 Å². The Morgan fingerprint density at radius 1 is 1.07 bits per heavy atom. The number of hydrogen-bond donors (Lipinski definition) is 0. The van der Waals surface area contributed by atoms with E-state index in [0.717, 1.165) is 11.1 Å². The number of benzene rings is 2. The lowest BCUT2D eigenvalue weighted by molar-refractivity contribution is -0.136. The molecular weight excluding hydrogens is 354 g/mol. The normalized spacial score (nSPS) is 15.4. The van der Waals surface area contributed by atoms with Gasteiger partial charge in [-0.15, -0.1) is 0 Å². The van der Waals surface area contributed by atoms with E-state index in [2.05, 4.69) is 0 Å². The summed E-state index contributed by atoms with van der Waals surface area (Å²) < 4.78 is 10.6. The molecule has 2 aromatic carbocycles. The van der Waals surface area contributed by atoms with Crippen LogP contribution in [0, 0.1) is 6.92 Å². The summed E-state index contributed by atoms with van der Waals surface area (Å²) in [5.41, 5.74) is 3.62. The van der Waals surface area contributed by atoms with Crippen LogP contribution in [0.3, 0.4) is 0 Å². The second-order valence-corrected chi connectivity index (χ2v) is 6.46. The first-order valence-corrected chi connectivity index (χ1v) is 9.12. The van der Waals surface area contributed by atoms with Gasteiger partial charge in [0.25, 0.3) is 5.91 Å². The van der Waals surface area contributed by atoms with Gasteiger partial charge in [0.1, 0.15) is 5.75 Å². The molecule has 5 heteroatoms. The topological polar surface area (TPSA) is 55.8 Å². The smallest absolute Gasteiger partial charge is 0.340 e. The minimum Gasteiger partial charge on any atom is -0.493 e. The van der Waals surface area contributed by atoms with Gasteiger partial charge in [-0.2, -0.15) is 0 Å². The van der Waals surface area contributed by atoms with E-state index < -0.39 is 5.97 Å². The molecule has 2 aromatic rings. The molecule has 5 nitrogen and oxygen atoms in total. The highest BCUT2D eigenvalue weighted by atomic mass is 16.5. The largest absolute Gasteiger partial charge is 0.493 e. The molecule has 0 aromatic heterocycles. The maximum Gasteiger partial charge on any atom is 0.340 e. The lowest BCUT2D eigenvalue weighted by Crippen LogP contribution is -2.24. The Bertz CT molecular complexity index is 970. The number of methoxy groups -OCH3 is 1. The van der Waals surface area contributed by atoms with Gasteiger partial charge in [0.05, 0.1) is 24.9 Å². The summed E-state index contributed by atoms with van der Waals surface area (Å²) in [6, 6.07) is 15.0. The molecule has 0 N–H and O–H groups in total. The number of amides is 1. The molecule has 144 valence electrons. The van der Waals surface area contributed by atoms with Crippen molar-refractivity contribution in [2.75, 3.05) is 18.6 Å². The Kier molecular flexibility index (Phi) is 5.64. The highest BCUT2D eigenvalue weighted by Gasteiger charge is 2.38. The quantitative estimate of drug-likeness (QED) is 0.577. The molecule has 3 rings (SSSR count). The van der Waals surface area contributed by atoms with Crippen LogP contribution in [-0.4, -0.2) is 25.6 Å². The lowest BCUT2D eigenvalue weighted by Gasteiger charge is -2.18. The van der Waals surface area contributed by atoms with Crippen LogP contribution in [0.1, 0.15) is 25.0 Å². The van der Waals surface area contributed by atoms with E-state index in [9.17, 15) is 9.59 Å². The molecule has 1 heterocycles. The van der Waals surface area contributed by atoms with Crippen molar-refractivity contribution in [3.05, 3.63) is 76.5 Å². The summed E-state index contributed by atoms with van der Waals surface area (Å²) in [6.07, 6.45) is 1.69. The van der Waals surface area contributed by atoms with Gasteiger partial charge < -0.3 is 9.47 Å². The highest BCUT2D eigenvalue weighted by Crippen LogP contribution is 2.36. The fourth-order valence-corrected chi connectivity index (χ4v) is 3.23. The number of ether oxygens (including phenoxy) is 2. The maximum absolute atomic E-state index is 13.3. The minimum absolute atomic E-state index is 0.263. The maximum atomic E-state index is 13.3. The summed E-state index contributed by atoms with van der Waals surface area (Å²) in [7, 11) is 1.31. The molecule has 0 unspecified atom stereocenters. The van der Waals surface area contributed by atoms with Crippen molar-refractivity contribution in [2.24, 2.45) is 0 Å². The first-order valence-electron chi connectivity index (χ1n) is 9.12. The van der Waals surface area contributed by atoms with Crippen LogP contribution in [0.2, 0.25) is 0 Å². The van der Waals surface area contributed by atoms with Crippen molar-refractivity contribution in [2.45, 2.75) is 20.8 Å². The van der Waals surface area contributed by atoms with Gasteiger partial charge in [0.2, 0.25) is 0 Å². The van der Waals surface area contributed by atoms with Crippen LogP contribution in [-0.2, 0) is 14.3 Å². The van der Waals surface area contributed by atoms with Crippen LogP contribution in [0.4, 0.5) is 5.69 Å². The summed E-state index contributed by atoms with van der Waals surface area (Å²) in [4.78, 5) is 27.3. The van der Waals surface area contributed by atoms with Gasteiger partial charge >= 0.3 is 5.97 Å². The second kappa shape index (κ2) is 8.13. The van der Waals surface area contributed by atoms with Crippen LogP contribution in [0.15, 0.2) is 65.4 Å². The number of carbonyl (C=O) groups is 2. The SMILES string of the molecule is CCOc1ccccc1/C=C1\C(=O)N(c2ccc(C)cc2)C(C)=C1C(=O)OC. The molecule has 0 bridgehead atoms. The molecule has 0 saturated heterocycles. The summed E-state index contributed by atoms with van der Waals surface area (Å²) >= 11 is 0. The Morgan fingerprint density at radius 3 is 2.39 bits per heavy atom. The van der Waals surface area contributed by atoms with Gasteiger partial charge in [0.15, 0.2) is 0 Å². The number of esters is 1. The predicted molar refractivity (Wildman–Crippen MR) is 109 cm³/mol. The molecule has 0 spiro atoms. The number of allylic oxidation sites excluding steroid dienone is 1. The monoisotopic (exact) mass is 377 g/mol. The van der Waals surface area contributed by atoms with E-state index in [1.807, 2.05) is 62.4 Å². The van der Waals surface area contributed by atoms with Crippen molar-refractivity contribution in [1.82, 2.24) is 0 Å². The van der Waals surface area contributed by atoms with Crippen LogP contribution < -0.4 is 9.64 Å². The fraction of sp³-hybridized carbons (Fsp3) is 0.217. The molecule has 0 atom stereocenters. The van der Waals surface area contributed by atoms with E-state index in [-0.39, 0.29) is 17.1 Å². The van der Waals surface area contributed by atoms with E-state index in [1.165, 1.54) is 7.11 Å². The zero-order chi connectivity index (χ0) is 20.3. The van der Waals surface area contributed by atoms with Gasteiger partial charge in [-0.25, -0.2) is 4.79 Å². The van der Waals surface area contributed by atoms with E-state index in [0.29, 0.717) is 23.7 Å². The molecule has 0 saturated carbocycles. The molecule has 1 aliphatic heterocycles. The van der Waals surface area contributed by atoms with Crippen molar-refractivity contribution in [3.63, 3.8) is 0 Å². The number of nitrogens with zero attached hydrogens (tertiary/aromatic N) is 1. The summed E-state index contributed by atoms with van der Waals surface area (Å²) in [5.74, 6) is -0.158. The third kappa shape index (κ3) is 3.56. The number of para-hydroxylation sites is 1. The summed E-state index contributed by atoms with van der Waals surface area (Å²) in [5, 5.41) is 0. The van der Waals surface area contributed by atoms with Crippen LogP contribution in [0.25, 0.3) is 6.08 Å². The first kappa shape index (κ1) is 19.4. The molecule has 0 radical (unpaired) electrons. The van der Waals surface area contributed by atoms with Gasteiger partial charge in [0, 0.05) is 16.9 Å². The van der Waals surface area contributed by atoms with Crippen LogP contribution >= 0.6 is 0 Å². The zero-order valence-corrected chi connectivity index (χ0v) is 16.5. The third-order valence-corrected chi connectivity index (χ3v) is 4.60. The summed E-state index contributed by atoms with van der Waals surface area (Å²) in [6.45, 7) is 6.13. The van der Waals surface area contributed by atoms with E-state index in [4.69, 9.17) is 9.47 Å². The predicted octanol–water partition coefficient (Wildman–Crippen LogP) is 4.27. The highest BCUT2D eigenvalue weighted by molar-refractivity contribution is 6.23. The van der Waals surface area contributed by atoms with Crippen molar-refractivity contribution >= 4 is 23.6 Å². The van der Waals surface area contributed by atoms with Gasteiger partial charge in [-0.1, -0.05) is 35.9 Å². The number of anilines is 1. The number of carbonyl (C=O) groups excluding carboxylic acids is 2. The number of aryl methyl sites for hydroxylation is 1. The van der Waals surface area contributed by atoms with Crippen molar-refractivity contribution in [1.29, 1.82) is 0 Å². The third-order valence-electron chi connectivity index (χ3n) is 4.60. The standard InChI is InChI=1S/C23H23NO4/c1-5-28-20-9-7-6-8-17(20)14-19-21(23(26)27-4)16(3)24(22(19)25)18-12-10-15(2)11-13-18/h6-14H,5H2,1-4H3/b19-14-. The Hall–Kier alpha value is -3.34. The number of rotatable bonds is 5. The molecule has 1 amide bonds. The Morgan fingerprint density at radius 2 is 1.75 bits per heavy atom. The average Bonchev–Trinajstić information content (AvgIpc) is 2.94. The second-order valence-electron chi connectivity index (χ2n) is 6.46. The minimum atomic E-state index is -0.541. The molecule has 1 aliphatic rings. The fourth-order valence-electron chi connectivity index (χ4n) is 3.23. The molecular formula is C23H23NO4. The number of hydrogen-bond acceptors (Lipinski definition) is 4. The van der Waals surface area contributed by atoms with Crippen LogP contribution in [0.5, 0.6) is 5.75 Å². The Labute approximate surface area is 164 Å². The molecule has 0 aliphatic carbocycles. The van der Waals surface area contributed by atoms with E-state index in [1.54, 1.807) is 17.9 Å². The first-order chi connectivity index (χ1) is 13.5. The molecule has 28 heavy (non-hydrogen) atoms. The average molecular weight is 377 g/mol. The van der Waals surface area contributed by atoms with Gasteiger partial charge in [-0.05, 0) is 45.0 Å². The lowest BCUT2D eigenvalue weighted by atomic mass is 10.0. The molecule has 0 fully saturated rings. The van der Waals surface area contributed by atoms with Gasteiger partial charge in [-0.3, -0.25) is 9.69 Å². The Balaban J connectivity index is 2.14. The van der Waals surface area contributed by atoms with Crippen molar-refractivity contribution in [3.8, 4) is 5.75 Å².